The zero-order valence-corrected chi connectivity index (χ0v) is 11.8. The Hall–Kier alpha value is -2.23. The number of aromatic hydroxyl groups is 1. The van der Waals surface area contributed by atoms with Gasteiger partial charge in [-0.3, -0.25) is 0 Å². The molecule has 0 aliphatic rings. The molecule has 0 fully saturated rings. The van der Waals surface area contributed by atoms with Gasteiger partial charge in [-0.2, -0.15) is 0 Å². The van der Waals surface area contributed by atoms with Crippen LogP contribution in [0.2, 0.25) is 0 Å². The van der Waals surface area contributed by atoms with Gasteiger partial charge < -0.3 is 15.2 Å². The van der Waals surface area contributed by atoms with Crippen LogP contribution >= 0.6 is 0 Å². The number of hydrogen-bond acceptors (Lipinski definition) is 3. The summed E-state index contributed by atoms with van der Waals surface area (Å²) in [6, 6.07) is 9.63. The highest BCUT2D eigenvalue weighted by atomic mass is 19.1. The van der Waals surface area contributed by atoms with Crippen LogP contribution in [-0.2, 0) is 0 Å². The van der Waals surface area contributed by atoms with E-state index in [-0.39, 0.29) is 11.8 Å². The van der Waals surface area contributed by atoms with E-state index in [1.54, 1.807) is 13.2 Å². The second kappa shape index (κ2) is 5.82. The highest BCUT2D eigenvalue weighted by Gasteiger charge is 2.12. The first-order valence-electron chi connectivity index (χ1n) is 6.41. The Morgan fingerprint density at radius 3 is 2.55 bits per heavy atom. The molecule has 1 atom stereocenters. The molecule has 0 radical (unpaired) electrons. The number of hydrogen-bond donors (Lipinski definition) is 2. The molecule has 0 heterocycles. The van der Waals surface area contributed by atoms with Crippen LogP contribution in [0.3, 0.4) is 0 Å². The minimum absolute atomic E-state index is 0.0452. The van der Waals surface area contributed by atoms with Crippen molar-refractivity contribution in [2.75, 3.05) is 12.4 Å². The fourth-order valence-corrected chi connectivity index (χ4v) is 2.12. The van der Waals surface area contributed by atoms with Crippen molar-refractivity contribution >= 4 is 5.69 Å². The van der Waals surface area contributed by atoms with Gasteiger partial charge in [-0.15, -0.1) is 0 Å². The molecule has 2 aromatic carbocycles. The fourth-order valence-electron chi connectivity index (χ4n) is 2.12. The predicted molar refractivity (Wildman–Crippen MR) is 77.8 cm³/mol. The van der Waals surface area contributed by atoms with Crippen molar-refractivity contribution < 1.29 is 14.2 Å². The van der Waals surface area contributed by atoms with Crippen molar-refractivity contribution in [1.82, 2.24) is 0 Å². The average Bonchev–Trinajstić information content (AvgIpc) is 2.40. The van der Waals surface area contributed by atoms with Crippen LogP contribution in [0.5, 0.6) is 11.5 Å². The number of phenolic OH excluding ortho intramolecular Hbond substituents is 1. The lowest BCUT2D eigenvalue weighted by Crippen LogP contribution is -2.08. The molecule has 20 heavy (non-hydrogen) atoms. The van der Waals surface area contributed by atoms with Gasteiger partial charge in [-0.25, -0.2) is 4.39 Å². The van der Waals surface area contributed by atoms with Gasteiger partial charge in [0.25, 0.3) is 0 Å². The van der Waals surface area contributed by atoms with Gasteiger partial charge in [0.15, 0.2) is 0 Å². The number of nitrogens with one attached hydrogen (secondary N) is 1. The Labute approximate surface area is 118 Å². The normalized spacial score (nSPS) is 12.0. The Bertz CT molecular complexity index is 613. The van der Waals surface area contributed by atoms with E-state index in [2.05, 4.69) is 5.32 Å². The van der Waals surface area contributed by atoms with Crippen molar-refractivity contribution in [3.05, 3.63) is 53.3 Å². The number of benzene rings is 2. The van der Waals surface area contributed by atoms with Crippen molar-refractivity contribution in [2.24, 2.45) is 0 Å². The summed E-state index contributed by atoms with van der Waals surface area (Å²) in [6.45, 7) is 3.89. The van der Waals surface area contributed by atoms with E-state index in [0.717, 1.165) is 23.1 Å². The van der Waals surface area contributed by atoms with Crippen LogP contribution in [0.25, 0.3) is 0 Å². The molecule has 3 nitrogen and oxygen atoms in total. The molecule has 2 aromatic rings. The molecule has 0 spiro atoms. The van der Waals surface area contributed by atoms with Gasteiger partial charge >= 0.3 is 0 Å². The van der Waals surface area contributed by atoms with Gasteiger partial charge in [0, 0.05) is 17.3 Å². The first-order chi connectivity index (χ1) is 9.51. The number of aryl methyl sites for hydroxylation is 1. The highest BCUT2D eigenvalue weighted by Crippen LogP contribution is 2.29. The van der Waals surface area contributed by atoms with E-state index < -0.39 is 5.82 Å². The number of phenols is 1. The molecule has 4 heteroatoms. The summed E-state index contributed by atoms with van der Waals surface area (Å²) in [5.41, 5.74) is 2.64. The Kier molecular flexibility index (Phi) is 4.13. The van der Waals surface area contributed by atoms with Crippen LogP contribution in [0.4, 0.5) is 10.1 Å². The van der Waals surface area contributed by atoms with Crippen molar-refractivity contribution in [3.63, 3.8) is 0 Å². The molecule has 0 amide bonds. The van der Waals surface area contributed by atoms with Crippen molar-refractivity contribution in [3.8, 4) is 11.5 Å². The maximum absolute atomic E-state index is 13.0. The Balaban J connectivity index is 2.21. The summed E-state index contributed by atoms with van der Waals surface area (Å²) in [4.78, 5) is 0. The molecule has 0 aliphatic heterocycles. The number of anilines is 1. The molecule has 0 aromatic heterocycles. The Morgan fingerprint density at radius 2 is 1.95 bits per heavy atom. The minimum atomic E-state index is -0.445. The van der Waals surface area contributed by atoms with Gasteiger partial charge in [-0.1, -0.05) is 6.07 Å². The third kappa shape index (κ3) is 3.02. The zero-order valence-electron chi connectivity index (χ0n) is 11.8. The summed E-state index contributed by atoms with van der Waals surface area (Å²) in [7, 11) is 1.63. The molecule has 2 N–H and O–H groups in total. The second-order valence-corrected chi connectivity index (χ2v) is 4.75. The fraction of sp³-hybridized carbons (Fsp3) is 0.250. The van der Waals surface area contributed by atoms with E-state index in [1.165, 1.54) is 6.07 Å². The summed E-state index contributed by atoms with van der Waals surface area (Å²) in [5, 5.41) is 13.1. The molecular weight excluding hydrogens is 257 g/mol. The average molecular weight is 275 g/mol. The maximum atomic E-state index is 13.0. The van der Waals surface area contributed by atoms with Crippen LogP contribution in [-0.4, -0.2) is 12.2 Å². The predicted octanol–water partition coefficient (Wildman–Crippen LogP) is 4.02. The van der Waals surface area contributed by atoms with Crippen LogP contribution in [0.1, 0.15) is 24.1 Å². The van der Waals surface area contributed by atoms with E-state index in [1.807, 2.05) is 32.0 Å². The number of ether oxygens (including phenoxy) is 1. The van der Waals surface area contributed by atoms with Crippen molar-refractivity contribution in [2.45, 2.75) is 19.9 Å². The number of rotatable bonds is 4. The zero-order chi connectivity index (χ0) is 14.7. The highest BCUT2D eigenvalue weighted by molar-refractivity contribution is 5.55. The summed E-state index contributed by atoms with van der Waals surface area (Å²) >= 11 is 0. The molecule has 1 unspecified atom stereocenters. The summed E-state index contributed by atoms with van der Waals surface area (Å²) in [6.07, 6.45) is 0. The molecular formula is C16H18FNO2. The van der Waals surface area contributed by atoms with E-state index in [0.29, 0.717) is 5.56 Å². The second-order valence-electron chi connectivity index (χ2n) is 4.75. The monoisotopic (exact) mass is 275 g/mol. The van der Waals surface area contributed by atoms with Crippen molar-refractivity contribution in [1.29, 1.82) is 0 Å². The van der Waals surface area contributed by atoms with Gasteiger partial charge in [0.2, 0.25) is 0 Å². The molecule has 0 aliphatic carbocycles. The molecule has 0 saturated heterocycles. The molecule has 0 bridgehead atoms. The quantitative estimate of drug-likeness (QED) is 0.885. The minimum Gasteiger partial charge on any atom is -0.507 e. The van der Waals surface area contributed by atoms with Gasteiger partial charge in [0.1, 0.15) is 17.3 Å². The van der Waals surface area contributed by atoms with E-state index >= 15 is 0 Å². The van der Waals surface area contributed by atoms with E-state index in [9.17, 15) is 9.50 Å². The molecule has 0 saturated carbocycles. The standard InChI is InChI=1S/C16H18FNO2/c1-10-8-13(20-3)5-7-15(10)18-11(2)14-6-4-12(17)9-16(14)19/h4-9,11,18-19H,1-3H3. The van der Waals surface area contributed by atoms with Crippen LogP contribution in [0, 0.1) is 12.7 Å². The lowest BCUT2D eigenvalue weighted by atomic mass is 10.1. The first-order valence-corrected chi connectivity index (χ1v) is 6.41. The van der Waals surface area contributed by atoms with E-state index in [4.69, 9.17) is 4.74 Å². The topological polar surface area (TPSA) is 41.5 Å². The summed E-state index contributed by atoms with van der Waals surface area (Å²) < 4.78 is 18.2. The lowest BCUT2D eigenvalue weighted by molar-refractivity contribution is 0.414. The smallest absolute Gasteiger partial charge is 0.126 e. The largest absolute Gasteiger partial charge is 0.507 e. The van der Waals surface area contributed by atoms with Crippen LogP contribution in [0.15, 0.2) is 36.4 Å². The Morgan fingerprint density at radius 1 is 1.20 bits per heavy atom. The van der Waals surface area contributed by atoms with Gasteiger partial charge in [0.05, 0.1) is 13.2 Å². The maximum Gasteiger partial charge on any atom is 0.126 e. The third-order valence-electron chi connectivity index (χ3n) is 3.26. The van der Waals surface area contributed by atoms with Crippen LogP contribution < -0.4 is 10.1 Å². The SMILES string of the molecule is COc1ccc(NC(C)c2ccc(F)cc2O)c(C)c1. The number of halogens is 1. The summed E-state index contributed by atoms with van der Waals surface area (Å²) in [5.74, 6) is 0.306. The number of methoxy groups -OCH3 is 1. The molecule has 2 rings (SSSR count). The molecule has 106 valence electrons. The first kappa shape index (κ1) is 14.2. The third-order valence-corrected chi connectivity index (χ3v) is 3.26. The van der Waals surface area contributed by atoms with Gasteiger partial charge in [-0.05, 0) is 43.7 Å². The lowest BCUT2D eigenvalue weighted by Gasteiger charge is -2.19.